The molecular formula is C19H24N4O2. The Labute approximate surface area is 148 Å². The SMILES string of the molecule is O=C(c1cc2n(n1)CCCO2)N1CCN(CCc2ccccc2)CC1. The second-order valence-electron chi connectivity index (χ2n) is 6.66. The van der Waals surface area contributed by atoms with Gasteiger partial charge in [0.15, 0.2) is 5.69 Å². The number of fused-ring (bicyclic) bond motifs is 1. The number of aromatic nitrogens is 2. The zero-order valence-corrected chi connectivity index (χ0v) is 14.4. The average Bonchev–Trinajstić information content (AvgIpc) is 3.11. The molecule has 0 saturated carbocycles. The molecule has 6 nitrogen and oxygen atoms in total. The number of nitrogens with zero attached hydrogens (tertiary/aromatic N) is 4. The van der Waals surface area contributed by atoms with Crippen LogP contribution >= 0.6 is 0 Å². The molecule has 2 aliphatic rings. The number of benzene rings is 1. The summed E-state index contributed by atoms with van der Waals surface area (Å²) in [5, 5.41) is 4.41. The third-order valence-electron chi connectivity index (χ3n) is 4.95. The fourth-order valence-corrected chi connectivity index (χ4v) is 3.44. The quantitative estimate of drug-likeness (QED) is 0.849. The highest BCUT2D eigenvalue weighted by Crippen LogP contribution is 2.19. The van der Waals surface area contributed by atoms with Crippen molar-refractivity contribution in [3.8, 4) is 5.88 Å². The molecule has 1 aromatic carbocycles. The summed E-state index contributed by atoms with van der Waals surface area (Å²) < 4.78 is 7.35. The molecule has 1 aromatic heterocycles. The lowest BCUT2D eigenvalue weighted by atomic mass is 10.1. The third kappa shape index (κ3) is 3.69. The molecule has 1 fully saturated rings. The van der Waals surface area contributed by atoms with Gasteiger partial charge in [0, 0.05) is 51.8 Å². The summed E-state index contributed by atoms with van der Waals surface area (Å²) in [7, 11) is 0. The summed E-state index contributed by atoms with van der Waals surface area (Å²) in [6.07, 6.45) is 2.00. The van der Waals surface area contributed by atoms with Gasteiger partial charge in [-0.1, -0.05) is 30.3 Å². The van der Waals surface area contributed by atoms with Crippen molar-refractivity contribution in [2.45, 2.75) is 19.4 Å². The Kier molecular flexibility index (Phi) is 4.70. The molecule has 1 saturated heterocycles. The van der Waals surface area contributed by atoms with Crippen molar-refractivity contribution in [2.75, 3.05) is 39.3 Å². The van der Waals surface area contributed by atoms with E-state index in [1.807, 2.05) is 11.0 Å². The molecule has 0 aliphatic carbocycles. The molecule has 4 rings (SSSR count). The van der Waals surface area contributed by atoms with Gasteiger partial charge in [-0.3, -0.25) is 9.69 Å². The van der Waals surface area contributed by atoms with Gasteiger partial charge in [-0.2, -0.15) is 5.10 Å². The summed E-state index contributed by atoms with van der Waals surface area (Å²) in [4.78, 5) is 17.0. The molecule has 0 radical (unpaired) electrons. The molecule has 2 aliphatic heterocycles. The van der Waals surface area contributed by atoms with Crippen LogP contribution in [0.15, 0.2) is 36.4 Å². The number of carbonyl (C=O) groups excluding carboxylic acids is 1. The van der Waals surface area contributed by atoms with Crippen LogP contribution in [0.5, 0.6) is 5.88 Å². The van der Waals surface area contributed by atoms with Crippen molar-refractivity contribution >= 4 is 5.91 Å². The first kappa shape index (κ1) is 16.1. The Hall–Kier alpha value is -2.34. The van der Waals surface area contributed by atoms with E-state index in [1.54, 1.807) is 10.7 Å². The first-order chi connectivity index (χ1) is 12.3. The maximum absolute atomic E-state index is 12.7. The first-order valence-electron chi connectivity index (χ1n) is 9.06. The minimum atomic E-state index is 0.0215. The van der Waals surface area contributed by atoms with Gasteiger partial charge in [0.1, 0.15) is 0 Å². The first-order valence-corrected chi connectivity index (χ1v) is 9.06. The van der Waals surface area contributed by atoms with E-state index in [0.717, 1.165) is 58.0 Å². The molecule has 0 spiro atoms. The number of hydrogen-bond acceptors (Lipinski definition) is 4. The number of aryl methyl sites for hydroxylation is 1. The summed E-state index contributed by atoms with van der Waals surface area (Å²) >= 11 is 0. The second kappa shape index (κ2) is 7.27. The Morgan fingerprint density at radius 1 is 1.08 bits per heavy atom. The second-order valence-corrected chi connectivity index (χ2v) is 6.66. The monoisotopic (exact) mass is 340 g/mol. The normalized spacial score (nSPS) is 17.8. The Morgan fingerprint density at radius 2 is 1.88 bits per heavy atom. The molecule has 25 heavy (non-hydrogen) atoms. The van der Waals surface area contributed by atoms with E-state index in [0.29, 0.717) is 12.3 Å². The van der Waals surface area contributed by atoms with Gasteiger partial charge >= 0.3 is 0 Å². The third-order valence-corrected chi connectivity index (χ3v) is 4.95. The van der Waals surface area contributed by atoms with Crippen molar-refractivity contribution in [3.63, 3.8) is 0 Å². The fourth-order valence-electron chi connectivity index (χ4n) is 3.44. The van der Waals surface area contributed by atoms with Crippen LogP contribution in [0.1, 0.15) is 22.5 Å². The molecule has 2 aromatic rings. The van der Waals surface area contributed by atoms with E-state index in [4.69, 9.17) is 4.74 Å². The minimum absolute atomic E-state index is 0.0215. The number of hydrogen-bond donors (Lipinski definition) is 0. The standard InChI is InChI=1S/C19H24N4O2/c24-19(17-15-18-23(20-17)8-4-14-25-18)22-12-10-21(11-13-22)9-7-16-5-2-1-3-6-16/h1-3,5-6,15H,4,7-14H2. The van der Waals surface area contributed by atoms with Crippen molar-refractivity contribution < 1.29 is 9.53 Å². The summed E-state index contributed by atoms with van der Waals surface area (Å²) in [5.41, 5.74) is 1.87. The maximum atomic E-state index is 12.7. The van der Waals surface area contributed by atoms with E-state index in [2.05, 4.69) is 34.3 Å². The summed E-state index contributed by atoms with van der Waals surface area (Å²) in [5.74, 6) is 0.740. The number of piperazine rings is 1. The van der Waals surface area contributed by atoms with Crippen LogP contribution < -0.4 is 4.74 Å². The average molecular weight is 340 g/mol. The van der Waals surface area contributed by atoms with Crippen LogP contribution in [0.25, 0.3) is 0 Å². The van der Waals surface area contributed by atoms with Crippen molar-refractivity contribution in [1.82, 2.24) is 19.6 Å². The topological polar surface area (TPSA) is 50.6 Å². The van der Waals surface area contributed by atoms with E-state index in [9.17, 15) is 4.79 Å². The Balaban J connectivity index is 1.29. The van der Waals surface area contributed by atoms with E-state index in [-0.39, 0.29) is 5.91 Å². The van der Waals surface area contributed by atoms with E-state index in [1.165, 1.54) is 5.56 Å². The smallest absolute Gasteiger partial charge is 0.274 e. The lowest BCUT2D eigenvalue weighted by Crippen LogP contribution is -2.49. The molecule has 0 unspecified atom stereocenters. The van der Waals surface area contributed by atoms with Gasteiger partial charge in [0.25, 0.3) is 5.91 Å². The molecule has 132 valence electrons. The zero-order valence-electron chi connectivity index (χ0n) is 14.4. The lowest BCUT2D eigenvalue weighted by molar-refractivity contribution is 0.0632. The predicted molar refractivity (Wildman–Crippen MR) is 94.8 cm³/mol. The van der Waals surface area contributed by atoms with E-state index >= 15 is 0 Å². The summed E-state index contributed by atoms with van der Waals surface area (Å²) in [6, 6.07) is 12.3. The largest absolute Gasteiger partial charge is 0.478 e. The molecule has 0 bridgehead atoms. The van der Waals surface area contributed by atoms with Gasteiger partial charge in [0.05, 0.1) is 6.61 Å². The van der Waals surface area contributed by atoms with Crippen LogP contribution in [0, 0.1) is 0 Å². The number of rotatable bonds is 4. The van der Waals surface area contributed by atoms with Crippen molar-refractivity contribution in [1.29, 1.82) is 0 Å². The predicted octanol–water partition coefficient (Wildman–Crippen LogP) is 1.67. The van der Waals surface area contributed by atoms with E-state index < -0.39 is 0 Å². The minimum Gasteiger partial charge on any atom is -0.478 e. The van der Waals surface area contributed by atoms with Gasteiger partial charge in [-0.05, 0) is 12.0 Å². The molecule has 1 amide bonds. The number of amides is 1. The number of ether oxygens (including phenoxy) is 1. The Bertz CT molecular complexity index is 697. The molecule has 3 heterocycles. The van der Waals surface area contributed by atoms with Gasteiger partial charge < -0.3 is 9.64 Å². The van der Waals surface area contributed by atoms with Crippen LogP contribution in [0.3, 0.4) is 0 Å². The highest BCUT2D eigenvalue weighted by molar-refractivity contribution is 5.92. The van der Waals surface area contributed by atoms with Gasteiger partial charge in [-0.25, -0.2) is 4.68 Å². The summed E-state index contributed by atoms with van der Waals surface area (Å²) in [6.45, 7) is 5.94. The van der Waals surface area contributed by atoms with Crippen LogP contribution in [0.2, 0.25) is 0 Å². The van der Waals surface area contributed by atoms with Crippen LogP contribution in [-0.4, -0.2) is 64.8 Å². The number of carbonyl (C=O) groups is 1. The van der Waals surface area contributed by atoms with Gasteiger partial charge in [0.2, 0.25) is 5.88 Å². The molecule has 0 atom stereocenters. The lowest BCUT2D eigenvalue weighted by Gasteiger charge is -2.34. The Morgan fingerprint density at radius 3 is 2.64 bits per heavy atom. The van der Waals surface area contributed by atoms with Crippen LogP contribution in [-0.2, 0) is 13.0 Å². The molecule has 6 heteroatoms. The highest BCUT2D eigenvalue weighted by Gasteiger charge is 2.25. The van der Waals surface area contributed by atoms with Crippen molar-refractivity contribution in [2.24, 2.45) is 0 Å². The maximum Gasteiger partial charge on any atom is 0.274 e. The van der Waals surface area contributed by atoms with Crippen molar-refractivity contribution in [3.05, 3.63) is 47.7 Å². The molecular weight excluding hydrogens is 316 g/mol. The zero-order chi connectivity index (χ0) is 17.1. The van der Waals surface area contributed by atoms with Crippen LogP contribution in [0.4, 0.5) is 0 Å². The van der Waals surface area contributed by atoms with Gasteiger partial charge in [-0.15, -0.1) is 0 Å². The highest BCUT2D eigenvalue weighted by atomic mass is 16.5. The molecule has 0 N–H and O–H groups in total. The fraction of sp³-hybridized carbons (Fsp3) is 0.474.